The molecule has 16 aromatic rings. The quantitative estimate of drug-likeness (QED) is 0.159. The maximum atomic E-state index is 9.68. The Morgan fingerprint density at radius 3 is 1.39 bits per heavy atom. The van der Waals surface area contributed by atoms with E-state index in [-0.39, 0.29) is 50.3 Å². The van der Waals surface area contributed by atoms with E-state index in [0.717, 1.165) is 99.8 Å². The Balaban J connectivity index is 0.970. The van der Waals surface area contributed by atoms with Crippen LogP contribution in [0, 0.1) is 0 Å². The van der Waals surface area contributed by atoms with E-state index in [0.29, 0.717) is 39.5 Å². The third-order valence-corrected chi connectivity index (χ3v) is 19.9. The predicted octanol–water partition coefficient (Wildman–Crippen LogP) is 25.4. The van der Waals surface area contributed by atoms with E-state index in [2.05, 4.69) is 198 Å². The molecule has 3 aromatic heterocycles. The minimum Gasteiger partial charge on any atom is -0.452 e. The van der Waals surface area contributed by atoms with Crippen LogP contribution in [-0.4, -0.2) is 9.13 Å². The van der Waals surface area contributed by atoms with Crippen LogP contribution < -0.4 is 9.80 Å². The molecule has 0 saturated carbocycles. The molecule has 0 N–H and O–H groups in total. The Morgan fingerprint density at radius 2 is 0.812 bits per heavy atom. The van der Waals surface area contributed by atoms with Crippen LogP contribution in [0.15, 0.2) is 283 Å². The maximum absolute atomic E-state index is 9.68. The van der Waals surface area contributed by atoms with Crippen molar-refractivity contribution in [3.05, 3.63) is 312 Å². The maximum Gasteiger partial charge on any atom is 0.159 e. The normalized spacial score (nSPS) is 15.8. The molecule has 5 heterocycles. The Labute approximate surface area is 579 Å². The molecule has 0 aliphatic carbocycles. The van der Waals surface area contributed by atoms with Gasteiger partial charge in [-0.3, -0.25) is 0 Å². The SMILES string of the molecule is [2H]c1c([2H])c([2H])c(-c2ccc3c(c2)N(c2cccc4c2oc2c(-n5c6ccc(C(C)(C)C)cc6c6cc(C(C)(C)C)ccc65)cccc24)c2cc(C(C)(C)C)cc4c2C3c2ccc(-n3c5c([2H])c([2H])c([2H])c([2H])c5c5c([2H])c([2H])c([2H])c([2H])c53)cc2N4c2cc(-c3ccccc3)cc(-c3ccccc3)c2)c([2H])c1[2H]. The largest absolute Gasteiger partial charge is 0.452 e. The van der Waals surface area contributed by atoms with Gasteiger partial charge in [-0.15, -0.1) is 0 Å². The standard InChI is InChI=1S/C91H74N4O/c1-89(2,3)62-40-45-77-73(51-62)74-52-63(90(4,5)6)41-46-78(74)94(77)79-37-23-33-69-70-34-24-38-80(88(70)96-87(69)79)95-81-50-59(56-25-13-10-14-26-56)39-43-71(81)85-72-44-42-65(92-75-35-21-19-31-67(75)68-32-20-22-36-76(68)92)55-82(72)93(83-53-64(91(7,8)9)54-84(95)86(83)85)66-48-60(57-27-15-11-16-28-57)47-61(49-66)58-29-17-12-18-30-58/h10-55,85H,1-9H3/i10D,13D,14D,19D,20D,21D,22D,25D,26D,31D,32D,35D,36D. The summed E-state index contributed by atoms with van der Waals surface area (Å²) in [5.41, 5.74) is 17.9. The predicted molar refractivity (Wildman–Crippen MR) is 405 cm³/mol. The number of benzene rings is 13. The lowest BCUT2D eigenvalue weighted by Gasteiger charge is -2.46. The van der Waals surface area contributed by atoms with Gasteiger partial charge in [0.2, 0.25) is 0 Å². The minimum atomic E-state index is -0.646. The molecule has 2 aliphatic rings. The summed E-state index contributed by atoms with van der Waals surface area (Å²) < 4.78 is 132. The van der Waals surface area contributed by atoms with E-state index in [4.69, 9.17) is 14.0 Å². The molecule has 0 amide bonds. The van der Waals surface area contributed by atoms with Crippen LogP contribution >= 0.6 is 0 Å². The monoisotopic (exact) mass is 1250 g/mol. The van der Waals surface area contributed by atoms with Crippen molar-refractivity contribution in [2.45, 2.75) is 84.5 Å². The van der Waals surface area contributed by atoms with E-state index in [9.17, 15) is 8.22 Å². The first-order valence-electron chi connectivity index (χ1n) is 39.4. The van der Waals surface area contributed by atoms with Crippen molar-refractivity contribution in [2.24, 2.45) is 0 Å². The average molecular weight is 1250 g/mol. The molecule has 0 radical (unpaired) electrons. The van der Waals surface area contributed by atoms with E-state index in [1.165, 1.54) is 11.1 Å². The van der Waals surface area contributed by atoms with Crippen molar-refractivity contribution >= 4 is 99.7 Å². The first-order chi connectivity index (χ1) is 51.9. The van der Waals surface area contributed by atoms with Gasteiger partial charge in [0, 0.05) is 55.2 Å². The summed E-state index contributed by atoms with van der Waals surface area (Å²) in [6, 6.07) is 63.2. The summed E-state index contributed by atoms with van der Waals surface area (Å²) in [5.74, 6) is -0.646. The smallest absolute Gasteiger partial charge is 0.159 e. The number of hydrogen-bond acceptors (Lipinski definition) is 3. The van der Waals surface area contributed by atoms with Crippen LogP contribution in [0.5, 0.6) is 0 Å². The van der Waals surface area contributed by atoms with E-state index in [1.54, 1.807) is 4.57 Å². The molecule has 18 rings (SSSR count). The zero-order chi connectivity index (χ0) is 76.4. The van der Waals surface area contributed by atoms with Crippen LogP contribution in [0.2, 0.25) is 0 Å². The summed E-state index contributed by atoms with van der Waals surface area (Å²) in [4.78, 5) is 4.50. The molecule has 1 unspecified atom stereocenters. The van der Waals surface area contributed by atoms with Gasteiger partial charge in [-0.25, -0.2) is 0 Å². The summed E-state index contributed by atoms with van der Waals surface area (Å²) >= 11 is 0. The lowest BCUT2D eigenvalue weighted by molar-refractivity contribution is 0.589. The van der Waals surface area contributed by atoms with E-state index >= 15 is 0 Å². The van der Waals surface area contributed by atoms with Gasteiger partial charge in [0.25, 0.3) is 0 Å². The van der Waals surface area contributed by atoms with E-state index < -0.39 is 77.8 Å². The lowest BCUT2D eigenvalue weighted by Crippen LogP contribution is -2.30. The van der Waals surface area contributed by atoms with Crippen molar-refractivity contribution in [1.29, 1.82) is 0 Å². The summed E-state index contributed by atoms with van der Waals surface area (Å²) in [6.45, 7) is 20.0. The molecule has 96 heavy (non-hydrogen) atoms. The second-order valence-electron chi connectivity index (χ2n) is 28.8. The Hall–Kier alpha value is -11.1. The molecule has 5 heteroatoms. The highest BCUT2D eigenvalue weighted by Crippen LogP contribution is 2.63. The van der Waals surface area contributed by atoms with Crippen LogP contribution in [0.25, 0.3) is 110 Å². The fourth-order valence-corrected chi connectivity index (χ4v) is 15.0. The number of hydrogen-bond donors (Lipinski definition) is 0. The van der Waals surface area contributed by atoms with E-state index in [1.807, 2.05) is 78.9 Å². The fraction of sp³-hybridized carbons (Fsp3) is 0.143. The molecule has 0 spiro atoms. The molecule has 2 aliphatic heterocycles. The third-order valence-electron chi connectivity index (χ3n) is 19.9. The first kappa shape index (κ1) is 45.2. The number of para-hydroxylation sites is 4. The molecular weight excluding hydrogens is 1170 g/mol. The topological polar surface area (TPSA) is 29.5 Å². The van der Waals surface area contributed by atoms with Gasteiger partial charge < -0.3 is 23.4 Å². The van der Waals surface area contributed by atoms with Gasteiger partial charge >= 0.3 is 0 Å². The molecule has 1 atom stereocenters. The number of furan rings is 1. The highest BCUT2D eigenvalue weighted by atomic mass is 16.3. The van der Waals surface area contributed by atoms with Gasteiger partial charge in [-0.05, 0) is 174 Å². The molecule has 13 aromatic carbocycles. The number of aromatic nitrogens is 2. The van der Waals surface area contributed by atoms with Crippen LogP contribution in [-0.2, 0) is 16.2 Å². The van der Waals surface area contributed by atoms with Crippen LogP contribution in [0.3, 0.4) is 0 Å². The minimum absolute atomic E-state index is 0.0180. The number of rotatable bonds is 7. The first-order valence-corrected chi connectivity index (χ1v) is 32.9. The average Bonchev–Trinajstić information content (AvgIpc) is 0.986. The third kappa shape index (κ3) is 8.97. The highest BCUT2D eigenvalue weighted by Gasteiger charge is 2.43. The number of nitrogens with zero attached hydrogens (tertiary/aromatic N) is 4. The van der Waals surface area contributed by atoms with Crippen molar-refractivity contribution in [2.75, 3.05) is 9.80 Å². The van der Waals surface area contributed by atoms with Crippen molar-refractivity contribution in [1.82, 2.24) is 9.13 Å². The van der Waals surface area contributed by atoms with Gasteiger partial charge in [0.1, 0.15) is 0 Å². The second kappa shape index (κ2) is 21.2. The highest BCUT2D eigenvalue weighted by molar-refractivity contribution is 6.16. The molecular formula is C91H74N4O. The second-order valence-corrected chi connectivity index (χ2v) is 28.8. The van der Waals surface area contributed by atoms with Gasteiger partial charge in [-0.1, -0.05) is 244 Å². The molecule has 0 fully saturated rings. The Bertz CT molecular complexity index is 6440. The van der Waals surface area contributed by atoms with Gasteiger partial charge in [-0.2, -0.15) is 0 Å². The summed E-state index contributed by atoms with van der Waals surface area (Å²) in [5, 5.41) is 3.91. The Morgan fingerprint density at radius 1 is 0.302 bits per heavy atom. The number of fused-ring (bicyclic) bond motifs is 13. The fourth-order valence-electron chi connectivity index (χ4n) is 15.0. The summed E-state index contributed by atoms with van der Waals surface area (Å²) in [7, 11) is 0. The summed E-state index contributed by atoms with van der Waals surface area (Å²) in [6.07, 6.45) is 0. The zero-order valence-corrected chi connectivity index (χ0v) is 54.8. The Kier molecular flexibility index (Phi) is 9.98. The lowest BCUT2D eigenvalue weighted by atomic mass is 9.73. The number of anilines is 6. The van der Waals surface area contributed by atoms with Gasteiger partial charge in [0.15, 0.2) is 11.2 Å². The zero-order valence-electron chi connectivity index (χ0n) is 67.8. The van der Waals surface area contributed by atoms with Crippen molar-refractivity contribution in [3.63, 3.8) is 0 Å². The van der Waals surface area contributed by atoms with Crippen molar-refractivity contribution < 1.29 is 22.2 Å². The molecule has 0 saturated heterocycles. The van der Waals surface area contributed by atoms with Crippen LogP contribution in [0.1, 0.15) is 119 Å². The molecule has 464 valence electrons. The van der Waals surface area contributed by atoms with Crippen LogP contribution in [0.4, 0.5) is 34.1 Å². The van der Waals surface area contributed by atoms with Crippen molar-refractivity contribution in [3.8, 4) is 44.8 Å². The molecule has 5 nitrogen and oxygen atoms in total. The molecule has 0 bridgehead atoms. The van der Waals surface area contributed by atoms with Gasteiger partial charge in [0.05, 0.1) is 74.0 Å².